The summed E-state index contributed by atoms with van der Waals surface area (Å²) in [5.41, 5.74) is 3.42. The Morgan fingerprint density at radius 2 is 2.00 bits per heavy atom. The molecule has 1 aromatic carbocycles. The zero-order chi connectivity index (χ0) is 18.1. The Balaban J connectivity index is 1.51. The number of nitrogens with one attached hydrogen (secondary N) is 1. The second-order valence-corrected chi connectivity index (χ2v) is 8.15. The fraction of sp³-hybridized carbons (Fsp3) is 0.105. The highest BCUT2D eigenvalue weighted by Crippen LogP contribution is 2.32. The lowest BCUT2D eigenvalue weighted by Gasteiger charge is -2.00. The molecule has 130 valence electrons. The van der Waals surface area contributed by atoms with Gasteiger partial charge in [0.25, 0.3) is 5.91 Å². The van der Waals surface area contributed by atoms with Gasteiger partial charge >= 0.3 is 0 Å². The molecule has 0 aliphatic heterocycles. The fourth-order valence-electron chi connectivity index (χ4n) is 2.67. The number of thiazole rings is 1. The van der Waals surface area contributed by atoms with Crippen molar-refractivity contribution < 1.29 is 4.79 Å². The van der Waals surface area contributed by atoms with Gasteiger partial charge in [-0.15, -0.1) is 22.7 Å². The Hall–Kier alpha value is -2.77. The molecule has 26 heavy (non-hydrogen) atoms. The van der Waals surface area contributed by atoms with Crippen molar-refractivity contribution in [2.24, 2.45) is 0 Å². The molecule has 0 fully saturated rings. The highest BCUT2D eigenvalue weighted by Gasteiger charge is 2.14. The summed E-state index contributed by atoms with van der Waals surface area (Å²) in [4.78, 5) is 19.5. The zero-order valence-electron chi connectivity index (χ0n) is 14.3. The second kappa shape index (κ2) is 6.86. The third kappa shape index (κ3) is 3.31. The normalized spacial score (nSPS) is 10.8. The number of hydrogen-bond acceptors (Lipinski definition) is 5. The highest BCUT2D eigenvalue weighted by molar-refractivity contribution is 7.14. The van der Waals surface area contributed by atoms with Gasteiger partial charge in [-0.2, -0.15) is 5.10 Å². The van der Waals surface area contributed by atoms with E-state index in [9.17, 15) is 4.79 Å². The van der Waals surface area contributed by atoms with Gasteiger partial charge in [-0.3, -0.25) is 10.1 Å². The average molecular weight is 380 g/mol. The lowest BCUT2D eigenvalue weighted by atomic mass is 10.2. The molecule has 0 unspecified atom stereocenters. The van der Waals surface area contributed by atoms with Crippen molar-refractivity contribution in [1.29, 1.82) is 0 Å². The lowest BCUT2D eigenvalue weighted by Crippen LogP contribution is -2.10. The topological polar surface area (TPSA) is 59.8 Å². The number of carbonyl (C=O) groups is 1. The van der Waals surface area contributed by atoms with Crippen LogP contribution in [-0.2, 0) is 0 Å². The fourth-order valence-corrected chi connectivity index (χ4v) is 4.31. The monoisotopic (exact) mass is 380 g/mol. The van der Waals surface area contributed by atoms with E-state index in [1.165, 1.54) is 21.1 Å². The molecule has 0 atom stereocenters. The number of carbonyl (C=O) groups excluding carboxylic acids is 1. The van der Waals surface area contributed by atoms with E-state index < -0.39 is 0 Å². The van der Waals surface area contributed by atoms with Crippen molar-refractivity contribution in [3.63, 3.8) is 0 Å². The Labute approximate surface area is 159 Å². The molecule has 7 heteroatoms. The standard InChI is InChI=1S/C19H16N4OS2/c1-12-8-16(13(2)26-12)17-11-25-19(21-17)22-18(24)14-9-20-23(10-14)15-6-4-3-5-7-15/h3-11H,1-2H3,(H,21,22,24). The van der Waals surface area contributed by atoms with Gasteiger partial charge in [0.2, 0.25) is 0 Å². The molecule has 0 bridgehead atoms. The quantitative estimate of drug-likeness (QED) is 0.546. The van der Waals surface area contributed by atoms with Crippen LogP contribution >= 0.6 is 22.7 Å². The first-order valence-electron chi connectivity index (χ1n) is 8.04. The molecule has 1 amide bonds. The van der Waals surface area contributed by atoms with Crippen molar-refractivity contribution in [3.8, 4) is 16.9 Å². The first-order valence-corrected chi connectivity index (χ1v) is 9.74. The SMILES string of the molecule is Cc1cc(-c2csc(NC(=O)c3cnn(-c4ccccc4)c3)n2)c(C)s1. The summed E-state index contributed by atoms with van der Waals surface area (Å²) < 4.78 is 1.68. The second-order valence-electron chi connectivity index (χ2n) is 5.83. The van der Waals surface area contributed by atoms with Gasteiger partial charge in [-0.25, -0.2) is 9.67 Å². The van der Waals surface area contributed by atoms with Crippen LogP contribution in [0, 0.1) is 13.8 Å². The van der Waals surface area contributed by atoms with Crippen LogP contribution < -0.4 is 5.32 Å². The van der Waals surface area contributed by atoms with E-state index in [-0.39, 0.29) is 5.91 Å². The third-order valence-corrected chi connectivity index (χ3v) is 5.63. The molecule has 0 aliphatic carbocycles. The summed E-state index contributed by atoms with van der Waals surface area (Å²) in [6, 6.07) is 11.8. The van der Waals surface area contributed by atoms with Crippen molar-refractivity contribution >= 4 is 33.7 Å². The predicted molar refractivity (Wildman–Crippen MR) is 106 cm³/mol. The molecule has 3 heterocycles. The van der Waals surface area contributed by atoms with Crippen molar-refractivity contribution in [2.75, 3.05) is 5.32 Å². The van der Waals surface area contributed by atoms with Gasteiger partial charge < -0.3 is 0 Å². The Morgan fingerprint density at radius 3 is 2.73 bits per heavy atom. The van der Waals surface area contributed by atoms with E-state index in [0.29, 0.717) is 10.7 Å². The maximum atomic E-state index is 12.5. The van der Waals surface area contributed by atoms with Crippen LogP contribution in [0.15, 0.2) is 54.2 Å². The number of rotatable bonds is 4. The Kier molecular flexibility index (Phi) is 4.40. The van der Waals surface area contributed by atoms with Gasteiger partial charge in [-0.1, -0.05) is 18.2 Å². The van der Waals surface area contributed by atoms with Crippen LogP contribution in [-0.4, -0.2) is 20.7 Å². The average Bonchev–Trinajstić information content (AvgIpc) is 3.35. The largest absolute Gasteiger partial charge is 0.298 e. The van der Waals surface area contributed by atoms with Gasteiger partial charge in [0, 0.05) is 26.9 Å². The van der Waals surface area contributed by atoms with E-state index in [1.54, 1.807) is 28.4 Å². The third-order valence-electron chi connectivity index (χ3n) is 3.91. The van der Waals surface area contributed by atoms with Crippen molar-refractivity contribution in [2.45, 2.75) is 13.8 Å². The molecule has 0 radical (unpaired) electrons. The van der Waals surface area contributed by atoms with E-state index in [4.69, 9.17) is 0 Å². The van der Waals surface area contributed by atoms with Crippen LogP contribution in [0.4, 0.5) is 5.13 Å². The molecule has 4 aromatic rings. The van der Waals surface area contributed by atoms with Gasteiger partial charge in [0.1, 0.15) is 0 Å². The molecule has 0 aliphatic rings. The number of thiophene rings is 1. The number of anilines is 1. The lowest BCUT2D eigenvalue weighted by molar-refractivity contribution is 0.102. The van der Waals surface area contributed by atoms with Gasteiger partial charge in [0.05, 0.1) is 23.1 Å². The van der Waals surface area contributed by atoms with Gasteiger partial charge in [-0.05, 0) is 32.0 Å². The van der Waals surface area contributed by atoms with E-state index in [2.05, 4.69) is 35.3 Å². The maximum Gasteiger partial charge on any atom is 0.260 e. The van der Waals surface area contributed by atoms with E-state index >= 15 is 0 Å². The Bertz CT molecular complexity index is 1060. The first-order chi connectivity index (χ1) is 12.6. The summed E-state index contributed by atoms with van der Waals surface area (Å²) in [5, 5.41) is 9.67. The number of benzene rings is 1. The van der Waals surface area contributed by atoms with Crippen LogP contribution in [0.1, 0.15) is 20.1 Å². The Morgan fingerprint density at radius 1 is 1.19 bits per heavy atom. The molecule has 1 N–H and O–H groups in total. The molecular weight excluding hydrogens is 364 g/mol. The number of para-hydroxylation sites is 1. The van der Waals surface area contributed by atoms with Crippen molar-refractivity contribution in [1.82, 2.24) is 14.8 Å². The summed E-state index contributed by atoms with van der Waals surface area (Å²) >= 11 is 3.17. The summed E-state index contributed by atoms with van der Waals surface area (Å²) in [6.07, 6.45) is 3.27. The van der Waals surface area contributed by atoms with Crippen LogP contribution in [0.2, 0.25) is 0 Å². The van der Waals surface area contributed by atoms with Crippen LogP contribution in [0.25, 0.3) is 16.9 Å². The predicted octanol–water partition coefficient (Wildman–Crippen LogP) is 4.93. The molecular formula is C19H16N4OS2. The minimum Gasteiger partial charge on any atom is -0.298 e. The highest BCUT2D eigenvalue weighted by atomic mass is 32.1. The summed E-state index contributed by atoms with van der Waals surface area (Å²) in [7, 11) is 0. The van der Waals surface area contributed by atoms with E-state index in [1.807, 2.05) is 35.7 Å². The number of aryl methyl sites for hydroxylation is 2. The number of nitrogens with zero attached hydrogens (tertiary/aromatic N) is 3. The summed E-state index contributed by atoms with van der Waals surface area (Å²) in [6.45, 7) is 4.17. The molecule has 0 saturated heterocycles. The van der Waals surface area contributed by atoms with Crippen LogP contribution in [0.5, 0.6) is 0 Å². The number of hydrogen-bond donors (Lipinski definition) is 1. The molecule has 3 aromatic heterocycles. The maximum absolute atomic E-state index is 12.5. The van der Waals surface area contributed by atoms with Crippen molar-refractivity contribution in [3.05, 3.63) is 69.5 Å². The number of aromatic nitrogens is 3. The van der Waals surface area contributed by atoms with Gasteiger partial charge in [0.15, 0.2) is 5.13 Å². The molecule has 0 spiro atoms. The molecule has 5 nitrogen and oxygen atoms in total. The summed E-state index contributed by atoms with van der Waals surface area (Å²) in [5.74, 6) is -0.216. The minimum absolute atomic E-state index is 0.216. The smallest absolute Gasteiger partial charge is 0.260 e. The number of amides is 1. The molecule has 0 saturated carbocycles. The van der Waals surface area contributed by atoms with E-state index in [0.717, 1.165) is 16.9 Å². The zero-order valence-corrected chi connectivity index (χ0v) is 15.9. The van der Waals surface area contributed by atoms with Crippen LogP contribution in [0.3, 0.4) is 0 Å². The minimum atomic E-state index is -0.216. The molecule has 4 rings (SSSR count). The first kappa shape index (κ1) is 16.7.